The molecule has 126 valence electrons. The zero-order valence-corrected chi connectivity index (χ0v) is 13.0. The van der Waals surface area contributed by atoms with E-state index in [1.54, 1.807) is 4.90 Å². The lowest BCUT2D eigenvalue weighted by Gasteiger charge is -2.41. The molecule has 2 saturated heterocycles. The van der Waals surface area contributed by atoms with Crippen molar-refractivity contribution < 1.29 is 18.3 Å². The molecule has 2 aliphatic heterocycles. The van der Waals surface area contributed by atoms with E-state index in [0.29, 0.717) is 26.1 Å². The largest absolute Gasteiger partial charge is 0.364 e. The van der Waals surface area contributed by atoms with Crippen LogP contribution in [-0.4, -0.2) is 48.5 Å². The van der Waals surface area contributed by atoms with E-state index < -0.39 is 18.1 Å². The highest BCUT2D eigenvalue weighted by atomic mass is 19.3. The number of alkyl halides is 2. The van der Waals surface area contributed by atoms with Gasteiger partial charge in [0.05, 0.1) is 13.2 Å². The minimum atomic E-state index is -2.75. The van der Waals surface area contributed by atoms with E-state index in [4.69, 9.17) is 4.74 Å². The molecule has 1 unspecified atom stereocenters. The van der Waals surface area contributed by atoms with Crippen molar-refractivity contribution in [1.82, 2.24) is 10.2 Å². The summed E-state index contributed by atoms with van der Waals surface area (Å²) in [6.07, 6.45) is 0.642. The van der Waals surface area contributed by atoms with Gasteiger partial charge in [-0.15, -0.1) is 0 Å². The van der Waals surface area contributed by atoms with Crippen LogP contribution in [0, 0.1) is 0 Å². The van der Waals surface area contributed by atoms with Crippen LogP contribution in [-0.2, 0) is 16.1 Å². The molecule has 0 saturated carbocycles. The molecule has 0 radical (unpaired) electrons. The van der Waals surface area contributed by atoms with Gasteiger partial charge in [0.1, 0.15) is 6.10 Å². The smallest absolute Gasteiger partial charge is 0.262 e. The lowest BCUT2D eigenvalue weighted by molar-refractivity contribution is -0.155. The second-order valence-corrected chi connectivity index (χ2v) is 6.30. The molecular weight excluding hydrogens is 302 g/mol. The monoisotopic (exact) mass is 324 g/mol. The number of hydrogen-bond acceptors (Lipinski definition) is 3. The number of rotatable bonds is 4. The molecule has 1 amide bonds. The number of likely N-dealkylation sites (tertiary alicyclic amines) is 1. The number of halogens is 2. The Hall–Kier alpha value is -1.53. The minimum Gasteiger partial charge on any atom is -0.364 e. The average Bonchev–Trinajstić information content (AvgIpc) is 2.54. The van der Waals surface area contributed by atoms with Crippen molar-refractivity contribution in [2.45, 2.75) is 43.9 Å². The highest BCUT2D eigenvalue weighted by Gasteiger charge is 2.42. The van der Waals surface area contributed by atoms with Gasteiger partial charge in [-0.3, -0.25) is 4.79 Å². The fourth-order valence-corrected chi connectivity index (χ4v) is 3.28. The van der Waals surface area contributed by atoms with Crippen LogP contribution in [0.5, 0.6) is 0 Å². The summed E-state index contributed by atoms with van der Waals surface area (Å²) in [5, 5.41) is 2.73. The van der Waals surface area contributed by atoms with E-state index in [2.05, 4.69) is 5.32 Å². The Morgan fingerprint density at radius 3 is 2.83 bits per heavy atom. The summed E-state index contributed by atoms with van der Waals surface area (Å²) >= 11 is 0. The van der Waals surface area contributed by atoms with Crippen molar-refractivity contribution in [1.29, 1.82) is 0 Å². The summed E-state index contributed by atoms with van der Waals surface area (Å²) in [6, 6.07) is 9.20. The Labute approximate surface area is 134 Å². The van der Waals surface area contributed by atoms with Crippen molar-refractivity contribution in [2.75, 3.05) is 19.6 Å². The number of carbonyl (C=O) groups is 1. The molecule has 2 heterocycles. The Morgan fingerprint density at radius 2 is 2.09 bits per heavy atom. The number of nitrogens with one attached hydrogen (secondary N) is 1. The maximum absolute atomic E-state index is 13.6. The highest BCUT2D eigenvalue weighted by molar-refractivity contribution is 5.82. The SMILES string of the molecule is O=C1C(OCc2ccccc2)CCCN1[C@H]1CNCC(F)(F)C1. The number of carbonyl (C=O) groups excluding carboxylic acids is 1. The lowest BCUT2D eigenvalue weighted by atomic mass is 9.98. The highest BCUT2D eigenvalue weighted by Crippen LogP contribution is 2.28. The fraction of sp³-hybridized carbons (Fsp3) is 0.588. The molecule has 2 atom stereocenters. The summed E-state index contributed by atoms with van der Waals surface area (Å²) in [5.74, 6) is -2.90. The number of benzene rings is 1. The molecule has 2 aliphatic rings. The Balaban J connectivity index is 1.59. The number of nitrogens with zero attached hydrogens (tertiary/aromatic N) is 1. The molecule has 1 N–H and O–H groups in total. The van der Waals surface area contributed by atoms with E-state index in [9.17, 15) is 13.6 Å². The summed E-state index contributed by atoms with van der Waals surface area (Å²) < 4.78 is 32.9. The maximum Gasteiger partial charge on any atom is 0.262 e. The molecule has 4 nitrogen and oxygen atoms in total. The van der Waals surface area contributed by atoms with Crippen molar-refractivity contribution in [2.24, 2.45) is 0 Å². The molecular formula is C17H22F2N2O2. The van der Waals surface area contributed by atoms with Gasteiger partial charge in [0, 0.05) is 25.6 Å². The third-order valence-corrected chi connectivity index (χ3v) is 4.46. The van der Waals surface area contributed by atoms with Gasteiger partial charge >= 0.3 is 0 Å². The maximum atomic E-state index is 13.6. The number of amides is 1. The number of piperidine rings is 2. The third-order valence-electron chi connectivity index (χ3n) is 4.46. The third kappa shape index (κ3) is 4.06. The van der Waals surface area contributed by atoms with Crippen LogP contribution in [0.2, 0.25) is 0 Å². The normalized spacial score (nSPS) is 27.9. The molecule has 0 aromatic heterocycles. The van der Waals surface area contributed by atoms with E-state index in [0.717, 1.165) is 12.0 Å². The summed E-state index contributed by atoms with van der Waals surface area (Å²) in [6.45, 7) is 1.02. The van der Waals surface area contributed by atoms with Crippen molar-refractivity contribution in [3.8, 4) is 0 Å². The molecule has 1 aromatic rings. The molecule has 23 heavy (non-hydrogen) atoms. The van der Waals surface area contributed by atoms with E-state index in [1.807, 2.05) is 30.3 Å². The number of ether oxygens (including phenoxy) is 1. The molecule has 2 fully saturated rings. The molecule has 0 bridgehead atoms. The zero-order valence-electron chi connectivity index (χ0n) is 13.0. The second kappa shape index (κ2) is 6.93. The van der Waals surface area contributed by atoms with Gasteiger partial charge in [-0.2, -0.15) is 0 Å². The fourth-order valence-electron chi connectivity index (χ4n) is 3.28. The first-order valence-corrected chi connectivity index (χ1v) is 8.10. The Morgan fingerprint density at radius 1 is 1.30 bits per heavy atom. The van der Waals surface area contributed by atoms with Crippen LogP contribution >= 0.6 is 0 Å². The van der Waals surface area contributed by atoms with Crippen molar-refractivity contribution in [3.63, 3.8) is 0 Å². The Kier molecular flexibility index (Phi) is 4.92. The quantitative estimate of drug-likeness (QED) is 0.923. The van der Waals surface area contributed by atoms with Gasteiger partial charge in [0.15, 0.2) is 0 Å². The van der Waals surface area contributed by atoms with Crippen LogP contribution in [0.25, 0.3) is 0 Å². The lowest BCUT2D eigenvalue weighted by Crippen LogP contribution is -2.58. The van der Waals surface area contributed by atoms with Crippen LogP contribution in [0.4, 0.5) is 8.78 Å². The summed E-state index contributed by atoms with van der Waals surface area (Å²) in [4.78, 5) is 14.2. The predicted molar refractivity (Wildman–Crippen MR) is 82.2 cm³/mol. The molecule has 6 heteroatoms. The van der Waals surface area contributed by atoms with Gasteiger partial charge in [0.25, 0.3) is 11.8 Å². The van der Waals surface area contributed by atoms with Crippen molar-refractivity contribution in [3.05, 3.63) is 35.9 Å². The average molecular weight is 324 g/mol. The zero-order chi connectivity index (χ0) is 16.3. The second-order valence-electron chi connectivity index (χ2n) is 6.30. The first-order chi connectivity index (χ1) is 11.1. The van der Waals surface area contributed by atoms with Gasteiger partial charge in [0.2, 0.25) is 0 Å². The standard InChI is InChI=1S/C17H22F2N2O2/c18-17(19)9-14(10-20-12-17)21-8-4-7-15(16(21)22)23-11-13-5-2-1-3-6-13/h1-3,5-6,14-15,20H,4,7-12H2/t14-,15?/m1/s1. The molecule has 0 spiro atoms. The van der Waals surface area contributed by atoms with Crippen LogP contribution in [0.15, 0.2) is 30.3 Å². The first-order valence-electron chi connectivity index (χ1n) is 8.10. The first kappa shape index (κ1) is 16.3. The van der Waals surface area contributed by atoms with Crippen LogP contribution < -0.4 is 5.32 Å². The van der Waals surface area contributed by atoms with Gasteiger partial charge in [-0.05, 0) is 18.4 Å². The summed E-state index contributed by atoms with van der Waals surface area (Å²) in [7, 11) is 0. The van der Waals surface area contributed by atoms with Crippen LogP contribution in [0.1, 0.15) is 24.8 Å². The van der Waals surface area contributed by atoms with Gasteiger partial charge in [-0.25, -0.2) is 8.78 Å². The van der Waals surface area contributed by atoms with E-state index >= 15 is 0 Å². The minimum absolute atomic E-state index is 0.156. The van der Waals surface area contributed by atoms with E-state index in [-0.39, 0.29) is 18.9 Å². The Bertz CT molecular complexity index is 539. The van der Waals surface area contributed by atoms with Crippen molar-refractivity contribution >= 4 is 5.91 Å². The van der Waals surface area contributed by atoms with Gasteiger partial charge in [-0.1, -0.05) is 30.3 Å². The number of hydrogen-bond donors (Lipinski definition) is 1. The topological polar surface area (TPSA) is 41.6 Å². The molecule has 1 aromatic carbocycles. The predicted octanol–water partition coefficient (Wildman–Crippen LogP) is 2.19. The van der Waals surface area contributed by atoms with Gasteiger partial charge < -0.3 is 15.0 Å². The molecule has 3 rings (SSSR count). The molecule has 0 aliphatic carbocycles. The van der Waals surface area contributed by atoms with Crippen LogP contribution in [0.3, 0.4) is 0 Å². The van der Waals surface area contributed by atoms with E-state index in [1.165, 1.54) is 0 Å². The summed E-state index contributed by atoms with van der Waals surface area (Å²) in [5.41, 5.74) is 1.00.